The minimum Gasteiger partial charge on any atom is -0.344 e. The van der Waals surface area contributed by atoms with Crippen LogP contribution in [0.25, 0.3) is 33.1 Å². The minimum atomic E-state index is -0.261. The first-order valence-electron chi connectivity index (χ1n) is 12.6. The van der Waals surface area contributed by atoms with E-state index in [9.17, 15) is 14.0 Å². The van der Waals surface area contributed by atoms with E-state index in [0.717, 1.165) is 53.7 Å². The van der Waals surface area contributed by atoms with Gasteiger partial charge in [-0.15, -0.1) is 0 Å². The molecule has 5 rings (SSSR count). The fourth-order valence-corrected chi connectivity index (χ4v) is 4.73. The summed E-state index contributed by atoms with van der Waals surface area (Å²) in [5.74, 6) is -0.250. The largest absolute Gasteiger partial charge is 0.344 e. The second-order valence-electron chi connectivity index (χ2n) is 9.36. The zero-order valence-electron chi connectivity index (χ0n) is 20.8. The summed E-state index contributed by atoms with van der Waals surface area (Å²) >= 11 is 0. The number of nitrogens with zero attached hydrogens (tertiary/aromatic N) is 3. The molecular formula is C30H29FN4O2. The standard InChI is InChI=1S/C30H29FN4O2/c1-34(18-8-2-3-9-23-19-26(33-32-23)21-14-16-22(31)17-15-21)29(36)20-35-27-12-6-4-10-24(27)30(37)25-11-5-7-13-28(25)35/h4-7,10-17,19H,2-3,8-9,18,20H2,1H3,(H,32,33). The smallest absolute Gasteiger partial charge is 0.242 e. The normalized spacial score (nSPS) is 11.3. The van der Waals surface area contributed by atoms with Crippen molar-refractivity contribution in [3.63, 3.8) is 0 Å². The molecule has 1 amide bonds. The summed E-state index contributed by atoms with van der Waals surface area (Å²) in [6, 6.07) is 23.2. The Kier molecular flexibility index (Phi) is 7.12. The van der Waals surface area contributed by atoms with Crippen molar-refractivity contribution in [1.29, 1.82) is 0 Å². The van der Waals surface area contributed by atoms with Crippen molar-refractivity contribution in [2.24, 2.45) is 0 Å². The van der Waals surface area contributed by atoms with Gasteiger partial charge in [-0.05, 0) is 73.9 Å². The molecule has 0 aliphatic carbocycles. The minimum absolute atomic E-state index is 0.00897. The molecule has 6 nitrogen and oxygen atoms in total. The number of para-hydroxylation sites is 2. The Labute approximate surface area is 214 Å². The molecule has 0 radical (unpaired) electrons. The zero-order chi connectivity index (χ0) is 25.8. The highest BCUT2D eigenvalue weighted by atomic mass is 19.1. The number of H-pyrrole nitrogens is 1. The highest BCUT2D eigenvalue weighted by Crippen LogP contribution is 2.20. The number of benzene rings is 3. The van der Waals surface area contributed by atoms with E-state index in [-0.39, 0.29) is 23.7 Å². The highest BCUT2D eigenvalue weighted by Gasteiger charge is 2.15. The van der Waals surface area contributed by atoms with Gasteiger partial charge in [0.1, 0.15) is 12.4 Å². The Hall–Kier alpha value is -4.26. The molecule has 0 fully saturated rings. The maximum atomic E-state index is 13.1. The fourth-order valence-electron chi connectivity index (χ4n) is 4.73. The van der Waals surface area contributed by atoms with Crippen molar-refractivity contribution in [1.82, 2.24) is 19.7 Å². The van der Waals surface area contributed by atoms with Crippen molar-refractivity contribution in [3.8, 4) is 11.3 Å². The molecule has 188 valence electrons. The van der Waals surface area contributed by atoms with E-state index in [0.29, 0.717) is 17.3 Å². The van der Waals surface area contributed by atoms with E-state index < -0.39 is 0 Å². The molecule has 37 heavy (non-hydrogen) atoms. The third kappa shape index (κ3) is 5.31. The molecule has 0 aliphatic rings. The predicted molar refractivity (Wildman–Crippen MR) is 145 cm³/mol. The van der Waals surface area contributed by atoms with Gasteiger partial charge in [-0.25, -0.2) is 4.39 Å². The number of aromatic nitrogens is 3. The predicted octanol–water partition coefficient (Wildman–Crippen LogP) is 5.56. The number of carbonyl (C=O) groups excluding carboxylic acids is 1. The van der Waals surface area contributed by atoms with Crippen LogP contribution in [0.1, 0.15) is 25.0 Å². The molecular weight excluding hydrogens is 467 g/mol. The first kappa shape index (κ1) is 24.4. The molecule has 2 aromatic heterocycles. The van der Waals surface area contributed by atoms with Crippen molar-refractivity contribution < 1.29 is 9.18 Å². The van der Waals surface area contributed by atoms with Gasteiger partial charge in [0.25, 0.3) is 0 Å². The lowest BCUT2D eigenvalue weighted by Crippen LogP contribution is -2.31. The quantitative estimate of drug-likeness (QED) is 0.215. The van der Waals surface area contributed by atoms with Crippen LogP contribution < -0.4 is 5.43 Å². The van der Waals surface area contributed by atoms with E-state index in [4.69, 9.17) is 0 Å². The van der Waals surface area contributed by atoms with Crippen molar-refractivity contribution in [2.45, 2.75) is 32.2 Å². The van der Waals surface area contributed by atoms with Gasteiger partial charge in [0, 0.05) is 35.6 Å². The fraction of sp³-hybridized carbons (Fsp3) is 0.233. The van der Waals surface area contributed by atoms with Crippen LogP contribution in [0, 0.1) is 5.82 Å². The second kappa shape index (κ2) is 10.8. The molecule has 0 bridgehead atoms. The zero-order valence-corrected chi connectivity index (χ0v) is 20.8. The van der Waals surface area contributed by atoms with Gasteiger partial charge >= 0.3 is 0 Å². The molecule has 5 aromatic rings. The monoisotopic (exact) mass is 496 g/mol. The molecule has 7 heteroatoms. The lowest BCUT2D eigenvalue weighted by atomic mass is 10.1. The van der Waals surface area contributed by atoms with Crippen LogP contribution in [-0.4, -0.2) is 39.2 Å². The van der Waals surface area contributed by atoms with E-state index in [1.807, 2.05) is 66.2 Å². The van der Waals surface area contributed by atoms with Crippen LogP contribution in [0.5, 0.6) is 0 Å². The van der Waals surface area contributed by atoms with Gasteiger partial charge < -0.3 is 9.47 Å². The molecule has 0 unspecified atom stereocenters. The third-order valence-corrected chi connectivity index (χ3v) is 6.81. The summed E-state index contributed by atoms with van der Waals surface area (Å²) in [4.78, 5) is 27.8. The lowest BCUT2D eigenvalue weighted by molar-refractivity contribution is -0.130. The summed E-state index contributed by atoms with van der Waals surface area (Å²) < 4.78 is 15.1. The Bertz CT molecular complexity index is 1540. The number of hydrogen-bond donors (Lipinski definition) is 1. The van der Waals surface area contributed by atoms with E-state index >= 15 is 0 Å². The SMILES string of the molecule is CN(CCCCCc1cc(-c2ccc(F)cc2)n[nH]1)C(=O)Cn1c2ccccc2c(=O)c2ccccc21. The number of pyridine rings is 1. The molecule has 2 heterocycles. The van der Waals surface area contributed by atoms with E-state index in [1.54, 1.807) is 17.0 Å². The van der Waals surface area contributed by atoms with Gasteiger partial charge in [-0.2, -0.15) is 5.10 Å². The van der Waals surface area contributed by atoms with Gasteiger partial charge in [0.05, 0.1) is 16.7 Å². The Morgan fingerprint density at radius 2 is 1.57 bits per heavy atom. The van der Waals surface area contributed by atoms with Crippen LogP contribution in [0.4, 0.5) is 4.39 Å². The van der Waals surface area contributed by atoms with Crippen molar-refractivity contribution in [3.05, 3.63) is 101 Å². The first-order chi connectivity index (χ1) is 18.0. The molecule has 0 saturated heterocycles. The molecule has 0 aliphatic heterocycles. The maximum Gasteiger partial charge on any atom is 0.242 e. The van der Waals surface area contributed by atoms with Gasteiger partial charge in [0.15, 0.2) is 5.43 Å². The van der Waals surface area contributed by atoms with Gasteiger partial charge in [-0.1, -0.05) is 30.7 Å². The number of unbranched alkanes of at least 4 members (excludes halogenated alkanes) is 2. The molecule has 1 N–H and O–H groups in total. The molecule has 0 saturated carbocycles. The van der Waals surface area contributed by atoms with Crippen molar-refractivity contribution in [2.75, 3.05) is 13.6 Å². The first-order valence-corrected chi connectivity index (χ1v) is 12.6. The number of rotatable bonds is 9. The summed E-state index contributed by atoms with van der Waals surface area (Å²) in [7, 11) is 1.83. The van der Waals surface area contributed by atoms with Crippen LogP contribution in [-0.2, 0) is 17.8 Å². The summed E-state index contributed by atoms with van der Waals surface area (Å²) in [5.41, 5.74) is 4.27. The number of fused-ring (bicyclic) bond motifs is 2. The molecule has 0 spiro atoms. The molecule has 3 aromatic carbocycles. The Balaban J connectivity index is 1.16. The molecule has 0 atom stereocenters. The van der Waals surface area contributed by atoms with Gasteiger partial charge in [-0.3, -0.25) is 14.7 Å². The van der Waals surface area contributed by atoms with Crippen LogP contribution in [0.2, 0.25) is 0 Å². The average Bonchev–Trinajstić information content (AvgIpc) is 3.40. The van der Waals surface area contributed by atoms with Crippen LogP contribution in [0.3, 0.4) is 0 Å². The number of hydrogen-bond acceptors (Lipinski definition) is 3. The summed E-state index contributed by atoms with van der Waals surface area (Å²) in [5, 5.41) is 8.64. The summed E-state index contributed by atoms with van der Waals surface area (Å²) in [6.07, 6.45) is 3.71. The number of amides is 1. The number of nitrogens with one attached hydrogen (secondary N) is 1. The van der Waals surface area contributed by atoms with Crippen LogP contribution >= 0.6 is 0 Å². The number of carbonyl (C=O) groups is 1. The third-order valence-electron chi connectivity index (χ3n) is 6.81. The Morgan fingerprint density at radius 1 is 0.919 bits per heavy atom. The second-order valence-corrected chi connectivity index (χ2v) is 9.36. The average molecular weight is 497 g/mol. The number of aryl methyl sites for hydroxylation is 1. The maximum absolute atomic E-state index is 13.1. The highest BCUT2D eigenvalue weighted by molar-refractivity contribution is 5.94. The summed E-state index contributed by atoms with van der Waals surface area (Å²) in [6.45, 7) is 0.844. The number of halogens is 1. The van der Waals surface area contributed by atoms with Crippen molar-refractivity contribution >= 4 is 27.7 Å². The van der Waals surface area contributed by atoms with Crippen LogP contribution in [0.15, 0.2) is 83.7 Å². The topological polar surface area (TPSA) is 71.0 Å². The lowest BCUT2D eigenvalue weighted by Gasteiger charge is -2.20. The number of likely N-dealkylation sites (N-methyl/N-ethyl adjacent to an activating group) is 1. The number of aromatic amines is 1. The van der Waals surface area contributed by atoms with E-state index in [1.165, 1.54) is 12.1 Å². The van der Waals surface area contributed by atoms with Gasteiger partial charge in [0.2, 0.25) is 5.91 Å². The van der Waals surface area contributed by atoms with E-state index in [2.05, 4.69) is 10.2 Å². The Morgan fingerprint density at radius 3 is 2.24 bits per heavy atom.